The van der Waals surface area contributed by atoms with Gasteiger partial charge in [0.15, 0.2) is 0 Å². The van der Waals surface area contributed by atoms with Crippen molar-refractivity contribution in [2.24, 2.45) is 5.73 Å². The van der Waals surface area contributed by atoms with Gasteiger partial charge in [-0.1, -0.05) is 25.1 Å². The molecule has 1 fully saturated rings. The molecule has 0 saturated carbocycles. The molecule has 1 saturated heterocycles. The van der Waals surface area contributed by atoms with Crippen molar-refractivity contribution in [1.29, 1.82) is 0 Å². The zero-order chi connectivity index (χ0) is 16.9. The molecule has 0 radical (unpaired) electrons. The first-order valence-corrected chi connectivity index (χ1v) is 8.86. The average Bonchev–Trinajstić information content (AvgIpc) is 3.21. The zero-order valence-corrected chi connectivity index (χ0v) is 14.4. The van der Waals surface area contributed by atoms with E-state index in [-0.39, 0.29) is 5.91 Å². The Labute approximate surface area is 143 Å². The summed E-state index contributed by atoms with van der Waals surface area (Å²) in [4.78, 5) is 13.6. The molecule has 0 bridgehead atoms. The standard InChI is InChI=1S/C19H27N3O2/c1-2-21(14-16-6-5-11-24-16)12-15-13-22(10-9-19(20)23)18-8-4-3-7-17(15)18/h3-4,7-8,13,16H,2,5-6,9-12,14H2,1H3,(H2,20,23). The van der Waals surface area contributed by atoms with Gasteiger partial charge >= 0.3 is 0 Å². The van der Waals surface area contributed by atoms with Crippen molar-refractivity contribution in [2.45, 2.75) is 45.4 Å². The van der Waals surface area contributed by atoms with Gasteiger partial charge in [-0.25, -0.2) is 0 Å². The number of aromatic nitrogens is 1. The highest BCUT2D eigenvalue weighted by Crippen LogP contribution is 2.24. The largest absolute Gasteiger partial charge is 0.377 e. The highest BCUT2D eigenvalue weighted by Gasteiger charge is 2.19. The minimum Gasteiger partial charge on any atom is -0.377 e. The van der Waals surface area contributed by atoms with Crippen LogP contribution in [0.1, 0.15) is 31.7 Å². The number of likely N-dealkylation sites (N-methyl/N-ethyl adjacent to an activating group) is 1. The summed E-state index contributed by atoms with van der Waals surface area (Å²) < 4.78 is 7.93. The van der Waals surface area contributed by atoms with Crippen LogP contribution in [0.3, 0.4) is 0 Å². The normalized spacial score (nSPS) is 17.8. The van der Waals surface area contributed by atoms with Gasteiger partial charge in [-0.05, 0) is 31.0 Å². The summed E-state index contributed by atoms with van der Waals surface area (Å²) in [5.74, 6) is -0.261. The second-order valence-corrected chi connectivity index (χ2v) is 6.54. The Morgan fingerprint density at radius 1 is 1.42 bits per heavy atom. The molecule has 1 unspecified atom stereocenters. The molecule has 24 heavy (non-hydrogen) atoms. The molecule has 130 valence electrons. The van der Waals surface area contributed by atoms with Gasteiger partial charge in [-0.3, -0.25) is 9.69 Å². The number of ether oxygens (including phenoxy) is 1. The van der Waals surface area contributed by atoms with Crippen molar-refractivity contribution in [3.8, 4) is 0 Å². The van der Waals surface area contributed by atoms with Crippen LogP contribution in [-0.2, 0) is 22.6 Å². The van der Waals surface area contributed by atoms with Crippen molar-refractivity contribution >= 4 is 16.8 Å². The number of fused-ring (bicyclic) bond motifs is 1. The Kier molecular flexibility index (Phi) is 5.53. The maximum absolute atomic E-state index is 11.1. The number of nitrogens with two attached hydrogens (primary N) is 1. The number of carbonyl (C=O) groups is 1. The summed E-state index contributed by atoms with van der Waals surface area (Å²) in [5.41, 5.74) is 7.78. The Morgan fingerprint density at radius 2 is 2.25 bits per heavy atom. The third-order valence-electron chi connectivity index (χ3n) is 4.80. The van der Waals surface area contributed by atoms with Crippen molar-refractivity contribution < 1.29 is 9.53 Å². The molecule has 1 aliphatic rings. The lowest BCUT2D eigenvalue weighted by Gasteiger charge is -2.23. The van der Waals surface area contributed by atoms with Crippen LogP contribution in [0.25, 0.3) is 10.9 Å². The lowest BCUT2D eigenvalue weighted by Crippen LogP contribution is -2.31. The maximum atomic E-state index is 11.1. The molecular weight excluding hydrogens is 302 g/mol. The number of hydrogen-bond acceptors (Lipinski definition) is 3. The van der Waals surface area contributed by atoms with E-state index in [1.165, 1.54) is 22.9 Å². The van der Waals surface area contributed by atoms with Gasteiger partial charge in [0.05, 0.1) is 6.10 Å². The number of hydrogen-bond donors (Lipinski definition) is 1. The average molecular weight is 329 g/mol. The van der Waals surface area contributed by atoms with Crippen LogP contribution in [0.2, 0.25) is 0 Å². The molecule has 0 spiro atoms. The summed E-state index contributed by atoms with van der Waals surface area (Å²) >= 11 is 0. The number of amides is 1. The lowest BCUT2D eigenvalue weighted by atomic mass is 10.1. The molecule has 2 N–H and O–H groups in total. The number of carbonyl (C=O) groups excluding carboxylic acids is 1. The lowest BCUT2D eigenvalue weighted by molar-refractivity contribution is -0.118. The predicted molar refractivity (Wildman–Crippen MR) is 95.7 cm³/mol. The van der Waals surface area contributed by atoms with Crippen LogP contribution in [0.5, 0.6) is 0 Å². The Balaban J connectivity index is 1.78. The van der Waals surface area contributed by atoms with Crippen LogP contribution >= 0.6 is 0 Å². The Morgan fingerprint density at radius 3 is 2.96 bits per heavy atom. The quantitative estimate of drug-likeness (QED) is 0.809. The van der Waals surface area contributed by atoms with Crippen LogP contribution in [0, 0.1) is 0 Å². The van der Waals surface area contributed by atoms with Gasteiger partial charge < -0.3 is 15.0 Å². The highest BCUT2D eigenvalue weighted by atomic mass is 16.5. The minimum absolute atomic E-state index is 0.261. The molecule has 3 rings (SSSR count). The number of benzene rings is 1. The van der Waals surface area contributed by atoms with Crippen molar-refractivity contribution in [3.63, 3.8) is 0 Å². The van der Waals surface area contributed by atoms with E-state index < -0.39 is 0 Å². The van der Waals surface area contributed by atoms with Crippen molar-refractivity contribution in [2.75, 3.05) is 19.7 Å². The molecule has 0 aliphatic carbocycles. The first-order valence-electron chi connectivity index (χ1n) is 8.86. The van der Waals surface area contributed by atoms with Gasteiger partial charge in [0, 0.05) is 49.8 Å². The minimum atomic E-state index is -0.261. The second-order valence-electron chi connectivity index (χ2n) is 6.54. The third kappa shape index (κ3) is 3.97. The van der Waals surface area contributed by atoms with E-state index in [0.29, 0.717) is 19.1 Å². The number of nitrogens with zero attached hydrogens (tertiary/aromatic N) is 2. The predicted octanol–water partition coefficient (Wildman–Crippen LogP) is 2.52. The molecule has 2 heterocycles. The van der Waals surface area contributed by atoms with Crippen LogP contribution in [0.4, 0.5) is 0 Å². The monoisotopic (exact) mass is 329 g/mol. The topological polar surface area (TPSA) is 60.5 Å². The summed E-state index contributed by atoms with van der Waals surface area (Å²) in [7, 11) is 0. The van der Waals surface area contributed by atoms with E-state index >= 15 is 0 Å². The van der Waals surface area contributed by atoms with Gasteiger partial charge in [0.25, 0.3) is 0 Å². The maximum Gasteiger partial charge on any atom is 0.219 e. The SMILES string of the molecule is CCN(Cc1cn(CCC(N)=O)c2ccccc12)CC1CCCO1. The summed E-state index contributed by atoms with van der Waals surface area (Å²) in [6, 6.07) is 8.37. The smallest absolute Gasteiger partial charge is 0.219 e. The van der Waals surface area contributed by atoms with E-state index in [2.05, 4.69) is 40.8 Å². The number of rotatable bonds is 8. The fourth-order valence-corrected chi connectivity index (χ4v) is 3.49. The zero-order valence-electron chi connectivity index (χ0n) is 14.4. The fraction of sp³-hybridized carbons (Fsp3) is 0.526. The third-order valence-corrected chi connectivity index (χ3v) is 4.80. The molecule has 2 aromatic rings. The Bertz CT molecular complexity index is 689. The van der Waals surface area contributed by atoms with Gasteiger partial charge in [-0.2, -0.15) is 0 Å². The van der Waals surface area contributed by atoms with Gasteiger partial charge in [-0.15, -0.1) is 0 Å². The molecular formula is C19H27N3O2. The number of primary amides is 1. The number of para-hydroxylation sites is 1. The van der Waals surface area contributed by atoms with Gasteiger partial charge in [0.1, 0.15) is 0 Å². The van der Waals surface area contributed by atoms with Crippen molar-refractivity contribution in [1.82, 2.24) is 9.47 Å². The fourth-order valence-electron chi connectivity index (χ4n) is 3.49. The summed E-state index contributed by atoms with van der Waals surface area (Å²) in [5, 5.41) is 1.26. The molecule has 5 heteroatoms. The second kappa shape index (κ2) is 7.81. The summed E-state index contributed by atoms with van der Waals surface area (Å²) in [6.07, 6.45) is 5.25. The van der Waals surface area contributed by atoms with Crippen molar-refractivity contribution in [3.05, 3.63) is 36.0 Å². The first kappa shape index (κ1) is 17.0. The van der Waals surface area contributed by atoms with E-state index in [0.717, 1.165) is 32.7 Å². The molecule has 1 aliphatic heterocycles. The summed E-state index contributed by atoms with van der Waals surface area (Å²) in [6.45, 7) is 6.61. The number of aryl methyl sites for hydroxylation is 1. The van der Waals surface area contributed by atoms with E-state index in [1.807, 2.05) is 6.07 Å². The van der Waals surface area contributed by atoms with Gasteiger partial charge in [0.2, 0.25) is 5.91 Å². The molecule has 1 aromatic carbocycles. The Hall–Kier alpha value is -1.85. The van der Waals surface area contributed by atoms with Crippen LogP contribution in [0.15, 0.2) is 30.5 Å². The van der Waals surface area contributed by atoms with E-state index in [9.17, 15) is 4.79 Å². The molecule has 1 amide bonds. The van der Waals surface area contributed by atoms with E-state index in [4.69, 9.17) is 10.5 Å². The van der Waals surface area contributed by atoms with E-state index in [1.54, 1.807) is 0 Å². The first-order chi connectivity index (χ1) is 11.7. The molecule has 1 atom stereocenters. The molecule has 1 aromatic heterocycles. The highest BCUT2D eigenvalue weighted by molar-refractivity contribution is 5.84. The van der Waals surface area contributed by atoms with Crippen LogP contribution < -0.4 is 5.73 Å². The molecule has 5 nitrogen and oxygen atoms in total. The van der Waals surface area contributed by atoms with Crippen LogP contribution in [-0.4, -0.2) is 41.2 Å².